The Morgan fingerprint density at radius 3 is 2.42 bits per heavy atom. The molecule has 0 spiro atoms. The van der Waals surface area contributed by atoms with E-state index in [1.165, 1.54) is 38.6 Å². The van der Waals surface area contributed by atoms with Crippen LogP contribution in [-0.4, -0.2) is 37.7 Å². The summed E-state index contributed by atoms with van der Waals surface area (Å²) in [7, 11) is -3.29. The third kappa shape index (κ3) is 3.70. The fourth-order valence-corrected chi connectivity index (χ4v) is 5.87. The van der Waals surface area contributed by atoms with Crippen LogP contribution in [0, 0.1) is 11.8 Å². The first-order valence-electron chi connectivity index (χ1n) is 9.42. The topological polar surface area (TPSA) is 37.4 Å². The molecule has 3 nitrogen and oxygen atoms in total. The maximum Gasteiger partial charge on any atom is 0.183 e. The second-order valence-electron chi connectivity index (χ2n) is 8.22. The molecule has 1 unspecified atom stereocenters. The summed E-state index contributed by atoms with van der Waals surface area (Å²) in [4.78, 5) is 2.95. The molecule has 2 aliphatic rings. The van der Waals surface area contributed by atoms with E-state index >= 15 is 0 Å². The molecule has 1 heterocycles. The zero-order valence-corrected chi connectivity index (χ0v) is 15.9. The lowest BCUT2D eigenvalue weighted by atomic mass is 9.75. The third-order valence-electron chi connectivity index (χ3n) is 6.19. The van der Waals surface area contributed by atoms with Crippen LogP contribution in [-0.2, 0) is 9.84 Å². The number of hydrogen-bond donors (Lipinski definition) is 0. The van der Waals surface area contributed by atoms with Gasteiger partial charge in [-0.3, -0.25) is 0 Å². The van der Waals surface area contributed by atoms with Crippen molar-refractivity contribution in [3.05, 3.63) is 30.3 Å². The van der Waals surface area contributed by atoms with Gasteiger partial charge in [-0.25, -0.2) is 8.42 Å². The predicted molar refractivity (Wildman–Crippen MR) is 98.8 cm³/mol. The summed E-state index contributed by atoms with van der Waals surface area (Å²) < 4.78 is 25.1. The van der Waals surface area contributed by atoms with Crippen molar-refractivity contribution in [3.8, 4) is 0 Å². The fourth-order valence-electron chi connectivity index (χ4n) is 4.36. The molecule has 4 heteroatoms. The first-order valence-corrected chi connectivity index (χ1v) is 10.9. The van der Waals surface area contributed by atoms with Crippen LogP contribution in [0.5, 0.6) is 0 Å². The monoisotopic (exact) mass is 349 g/mol. The molecule has 2 fully saturated rings. The van der Waals surface area contributed by atoms with E-state index in [2.05, 4.69) is 4.90 Å². The fraction of sp³-hybridized carbons (Fsp3) is 0.700. The summed E-state index contributed by atoms with van der Waals surface area (Å²) in [6.45, 7) is 6.96. The second kappa shape index (κ2) is 7.17. The number of benzene rings is 1. The average Bonchev–Trinajstić information content (AvgIpc) is 2.60. The maximum absolute atomic E-state index is 12.9. The van der Waals surface area contributed by atoms with Gasteiger partial charge >= 0.3 is 0 Å². The SMILES string of the molecule is CC(C)(CCN1CC[C@H]2CCCCC2C1)S(=O)(=O)c1ccccc1. The van der Waals surface area contributed by atoms with E-state index in [0.717, 1.165) is 24.9 Å². The van der Waals surface area contributed by atoms with Crippen molar-refractivity contribution in [2.45, 2.75) is 62.0 Å². The molecule has 1 saturated heterocycles. The molecule has 1 saturated carbocycles. The number of fused-ring (bicyclic) bond motifs is 1. The van der Waals surface area contributed by atoms with E-state index in [9.17, 15) is 8.42 Å². The van der Waals surface area contributed by atoms with Crippen LogP contribution in [0.1, 0.15) is 52.4 Å². The molecular weight excluding hydrogens is 318 g/mol. The van der Waals surface area contributed by atoms with Gasteiger partial charge in [-0.2, -0.15) is 0 Å². The number of nitrogens with zero attached hydrogens (tertiary/aromatic N) is 1. The zero-order valence-electron chi connectivity index (χ0n) is 15.1. The standard InChI is InChI=1S/C20H31NO2S/c1-20(2,24(22,23)19-10-4-3-5-11-19)13-15-21-14-12-17-8-6-7-9-18(17)16-21/h3-5,10-11,17-18H,6-9,12-16H2,1-2H3/t17-,18?/m1/s1. The largest absolute Gasteiger partial charge is 0.303 e. The number of sulfone groups is 1. The molecule has 24 heavy (non-hydrogen) atoms. The molecule has 0 radical (unpaired) electrons. The number of likely N-dealkylation sites (tertiary alicyclic amines) is 1. The van der Waals surface area contributed by atoms with Gasteiger partial charge in [0.15, 0.2) is 9.84 Å². The summed E-state index contributed by atoms with van der Waals surface area (Å²) in [5.41, 5.74) is 0. The molecule has 0 bridgehead atoms. The van der Waals surface area contributed by atoms with Gasteiger partial charge < -0.3 is 4.90 Å². The van der Waals surface area contributed by atoms with Gasteiger partial charge in [0.1, 0.15) is 0 Å². The van der Waals surface area contributed by atoms with Crippen molar-refractivity contribution in [1.82, 2.24) is 4.90 Å². The molecule has 1 aliphatic carbocycles. The molecule has 2 atom stereocenters. The van der Waals surface area contributed by atoms with Crippen LogP contribution < -0.4 is 0 Å². The number of piperidine rings is 1. The van der Waals surface area contributed by atoms with Crippen LogP contribution in [0.4, 0.5) is 0 Å². The minimum absolute atomic E-state index is 0.445. The highest BCUT2D eigenvalue weighted by atomic mass is 32.2. The summed E-state index contributed by atoms with van der Waals surface area (Å²) in [6.07, 6.45) is 7.56. The summed E-state index contributed by atoms with van der Waals surface area (Å²) in [5.74, 6) is 1.78. The van der Waals surface area contributed by atoms with E-state index in [-0.39, 0.29) is 0 Å². The van der Waals surface area contributed by atoms with E-state index in [1.54, 1.807) is 24.3 Å². The van der Waals surface area contributed by atoms with Gasteiger partial charge in [0, 0.05) is 6.54 Å². The summed E-state index contributed by atoms with van der Waals surface area (Å²) >= 11 is 0. The Balaban J connectivity index is 1.61. The first kappa shape index (κ1) is 17.9. The van der Waals surface area contributed by atoms with E-state index in [1.807, 2.05) is 19.9 Å². The van der Waals surface area contributed by atoms with Crippen molar-refractivity contribution < 1.29 is 8.42 Å². The summed E-state index contributed by atoms with van der Waals surface area (Å²) in [5, 5.41) is 0. The van der Waals surface area contributed by atoms with E-state index < -0.39 is 14.6 Å². The lowest BCUT2D eigenvalue weighted by Crippen LogP contribution is -2.44. The molecular formula is C20H31NO2S. The summed E-state index contributed by atoms with van der Waals surface area (Å²) in [6, 6.07) is 8.89. The smallest absolute Gasteiger partial charge is 0.183 e. The van der Waals surface area contributed by atoms with Crippen LogP contribution >= 0.6 is 0 Å². The normalized spacial score (nSPS) is 26.1. The highest BCUT2D eigenvalue weighted by molar-refractivity contribution is 7.92. The Morgan fingerprint density at radius 1 is 1.04 bits per heavy atom. The highest BCUT2D eigenvalue weighted by Crippen LogP contribution is 2.36. The highest BCUT2D eigenvalue weighted by Gasteiger charge is 2.37. The molecule has 3 rings (SSSR count). The molecule has 134 valence electrons. The molecule has 0 N–H and O–H groups in total. The van der Waals surface area contributed by atoms with Gasteiger partial charge in [0.2, 0.25) is 0 Å². The van der Waals surface area contributed by atoms with E-state index in [4.69, 9.17) is 0 Å². The minimum atomic E-state index is -3.29. The van der Waals surface area contributed by atoms with E-state index in [0.29, 0.717) is 11.3 Å². The third-order valence-corrected chi connectivity index (χ3v) is 8.74. The van der Waals surface area contributed by atoms with Crippen LogP contribution in [0.3, 0.4) is 0 Å². The van der Waals surface area contributed by atoms with Crippen molar-refractivity contribution in [3.63, 3.8) is 0 Å². The van der Waals surface area contributed by atoms with Crippen molar-refractivity contribution in [2.75, 3.05) is 19.6 Å². The Hall–Kier alpha value is -0.870. The van der Waals surface area contributed by atoms with Crippen molar-refractivity contribution in [2.24, 2.45) is 11.8 Å². The van der Waals surface area contributed by atoms with Crippen LogP contribution in [0.2, 0.25) is 0 Å². The van der Waals surface area contributed by atoms with Crippen LogP contribution in [0.15, 0.2) is 35.2 Å². The number of hydrogen-bond acceptors (Lipinski definition) is 3. The zero-order chi connectivity index (χ0) is 17.2. The molecule has 0 aromatic heterocycles. The average molecular weight is 350 g/mol. The Bertz CT molecular complexity index is 639. The molecule has 1 aliphatic heterocycles. The Labute approximate surface area is 147 Å². The van der Waals surface area contributed by atoms with Gasteiger partial charge in [-0.05, 0) is 70.2 Å². The quantitative estimate of drug-likeness (QED) is 0.802. The second-order valence-corrected chi connectivity index (χ2v) is 10.8. The molecule has 1 aromatic rings. The first-order chi connectivity index (χ1) is 11.4. The number of rotatable bonds is 5. The van der Waals surface area contributed by atoms with Crippen molar-refractivity contribution >= 4 is 9.84 Å². The van der Waals surface area contributed by atoms with Gasteiger partial charge in [0.25, 0.3) is 0 Å². The Morgan fingerprint density at radius 2 is 1.71 bits per heavy atom. The van der Waals surface area contributed by atoms with Gasteiger partial charge in [0.05, 0.1) is 9.64 Å². The van der Waals surface area contributed by atoms with Crippen molar-refractivity contribution in [1.29, 1.82) is 0 Å². The lowest BCUT2D eigenvalue weighted by molar-refractivity contribution is 0.0845. The predicted octanol–water partition coefficient (Wildman–Crippen LogP) is 4.14. The molecule has 1 aromatic carbocycles. The van der Waals surface area contributed by atoms with Gasteiger partial charge in [-0.15, -0.1) is 0 Å². The minimum Gasteiger partial charge on any atom is -0.303 e. The van der Waals surface area contributed by atoms with Crippen LogP contribution in [0.25, 0.3) is 0 Å². The molecule has 0 amide bonds. The van der Waals surface area contributed by atoms with Gasteiger partial charge in [-0.1, -0.05) is 37.5 Å². The maximum atomic E-state index is 12.9. The lowest BCUT2D eigenvalue weighted by Gasteiger charge is -2.42. The Kier molecular flexibility index (Phi) is 5.36.